The van der Waals surface area contributed by atoms with Gasteiger partial charge in [0.05, 0.1) is 31.5 Å². The van der Waals surface area contributed by atoms with Crippen LogP contribution in [0.2, 0.25) is 0 Å². The van der Waals surface area contributed by atoms with Crippen molar-refractivity contribution < 1.29 is 9.59 Å². The Labute approximate surface area is 156 Å². The van der Waals surface area contributed by atoms with E-state index < -0.39 is 0 Å². The third-order valence-electron chi connectivity index (χ3n) is 5.30. The predicted octanol–water partition coefficient (Wildman–Crippen LogP) is 1.37. The molecule has 7 nitrogen and oxygen atoms in total. The van der Waals surface area contributed by atoms with Crippen molar-refractivity contribution in [3.8, 4) is 12.1 Å². The molecular weight excluding hydrogens is 330 g/mol. The van der Waals surface area contributed by atoms with E-state index in [-0.39, 0.29) is 24.7 Å². The lowest BCUT2D eigenvalue weighted by Gasteiger charge is -2.36. The summed E-state index contributed by atoms with van der Waals surface area (Å²) in [6.07, 6.45) is 5.62. The first-order chi connectivity index (χ1) is 12.7. The van der Waals surface area contributed by atoms with Crippen molar-refractivity contribution in [1.29, 1.82) is 10.5 Å². The van der Waals surface area contributed by atoms with Crippen molar-refractivity contribution in [2.24, 2.45) is 5.92 Å². The zero-order chi connectivity index (χ0) is 18.8. The maximum atomic E-state index is 12.6. The van der Waals surface area contributed by atoms with E-state index in [4.69, 9.17) is 10.5 Å². The minimum Gasteiger partial charge on any atom is -0.342 e. The van der Waals surface area contributed by atoms with Gasteiger partial charge in [0.2, 0.25) is 11.8 Å². The molecule has 2 rings (SSSR count). The molecule has 0 aromatic rings. The molecule has 0 radical (unpaired) electrons. The van der Waals surface area contributed by atoms with Crippen molar-refractivity contribution in [1.82, 2.24) is 14.7 Å². The van der Waals surface area contributed by atoms with Gasteiger partial charge in [-0.05, 0) is 45.2 Å². The third-order valence-corrected chi connectivity index (χ3v) is 5.30. The summed E-state index contributed by atoms with van der Waals surface area (Å²) in [5.74, 6) is 0.351. The minimum atomic E-state index is -0.0312. The van der Waals surface area contributed by atoms with Gasteiger partial charge in [0, 0.05) is 32.1 Å². The number of carbonyl (C=O) groups excluding carboxylic acids is 2. The molecule has 2 aliphatic rings. The molecule has 0 N–H and O–H groups in total. The first kappa shape index (κ1) is 20.2. The lowest BCUT2D eigenvalue weighted by atomic mass is 9.94. The maximum Gasteiger partial charge on any atom is 0.236 e. The highest BCUT2D eigenvalue weighted by Crippen LogP contribution is 2.22. The first-order valence-electron chi connectivity index (χ1n) is 9.68. The average Bonchev–Trinajstić information content (AvgIpc) is 2.68. The molecule has 0 aliphatic carbocycles. The van der Waals surface area contributed by atoms with Crippen LogP contribution >= 0.6 is 0 Å². The quantitative estimate of drug-likeness (QED) is 0.684. The van der Waals surface area contributed by atoms with Gasteiger partial charge in [-0.15, -0.1) is 0 Å². The second-order valence-corrected chi connectivity index (χ2v) is 7.13. The van der Waals surface area contributed by atoms with E-state index in [1.54, 1.807) is 4.90 Å². The topological polar surface area (TPSA) is 91.4 Å². The Hall–Kier alpha value is -2.12. The largest absolute Gasteiger partial charge is 0.342 e. The summed E-state index contributed by atoms with van der Waals surface area (Å²) in [6.45, 7) is 4.35. The maximum absolute atomic E-state index is 12.6. The molecular formula is C19H29N5O2. The fraction of sp³-hybridized carbons (Fsp3) is 0.789. The summed E-state index contributed by atoms with van der Waals surface area (Å²) in [6, 6.07) is 4.10. The number of likely N-dealkylation sites (tertiary alicyclic amines) is 2. The molecule has 2 amide bonds. The smallest absolute Gasteiger partial charge is 0.236 e. The summed E-state index contributed by atoms with van der Waals surface area (Å²) in [7, 11) is 0. The lowest BCUT2D eigenvalue weighted by Crippen LogP contribution is -2.47. The Morgan fingerprint density at radius 2 is 1.50 bits per heavy atom. The molecule has 0 atom stereocenters. The van der Waals surface area contributed by atoms with Crippen molar-refractivity contribution in [2.45, 2.75) is 44.9 Å². The highest BCUT2D eigenvalue weighted by atomic mass is 16.2. The molecule has 0 aromatic heterocycles. The van der Waals surface area contributed by atoms with Crippen molar-refractivity contribution in [3.63, 3.8) is 0 Å². The first-order valence-corrected chi connectivity index (χ1v) is 9.68. The standard InChI is InChI=1S/C19H29N5O2/c20-8-4-12-23(13-5-9-21)18(25)16-22-14-6-17(7-15-22)19(26)24-10-2-1-3-11-24/h17H,1-7,10-16H2. The zero-order valence-corrected chi connectivity index (χ0v) is 15.5. The highest BCUT2D eigenvalue weighted by Gasteiger charge is 2.30. The van der Waals surface area contributed by atoms with Gasteiger partial charge >= 0.3 is 0 Å². The zero-order valence-electron chi connectivity index (χ0n) is 15.5. The number of nitriles is 2. The van der Waals surface area contributed by atoms with Gasteiger partial charge in [0.1, 0.15) is 0 Å². The van der Waals surface area contributed by atoms with Crippen LogP contribution in [-0.4, -0.2) is 72.3 Å². The normalized spacial score (nSPS) is 18.8. The van der Waals surface area contributed by atoms with Crippen LogP contribution in [0.5, 0.6) is 0 Å². The summed E-state index contributed by atoms with van der Waals surface area (Å²) < 4.78 is 0. The number of hydrogen-bond acceptors (Lipinski definition) is 5. The van der Waals surface area contributed by atoms with Gasteiger partial charge in [-0.25, -0.2) is 0 Å². The van der Waals surface area contributed by atoms with Crippen molar-refractivity contribution >= 4 is 11.8 Å². The number of rotatable bonds is 7. The molecule has 0 aromatic carbocycles. The van der Waals surface area contributed by atoms with Crippen LogP contribution in [0.15, 0.2) is 0 Å². The summed E-state index contributed by atoms with van der Waals surface area (Å²) >= 11 is 0. The fourth-order valence-corrected chi connectivity index (χ4v) is 3.73. The van der Waals surface area contributed by atoms with E-state index in [1.807, 2.05) is 17.0 Å². The molecule has 142 valence electrons. The fourth-order valence-electron chi connectivity index (χ4n) is 3.73. The van der Waals surface area contributed by atoms with Gasteiger partial charge in [-0.1, -0.05) is 0 Å². The number of amides is 2. The van der Waals surface area contributed by atoms with Crippen LogP contribution in [0.3, 0.4) is 0 Å². The molecule has 7 heteroatoms. The third kappa shape index (κ3) is 6.00. The average molecular weight is 359 g/mol. The van der Waals surface area contributed by atoms with Gasteiger partial charge in [0.15, 0.2) is 0 Å². The molecule has 2 saturated heterocycles. The number of hydrogen-bond donors (Lipinski definition) is 0. The van der Waals surface area contributed by atoms with Crippen molar-refractivity contribution in [2.75, 3.05) is 45.8 Å². The minimum absolute atomic E-state index is 0.0312. The highest BCUT2D eigenvalue weighted by molar-refractivity contribution is 5.79. The Kier molecular flexibility index (Phi) is 8.37. The number of nitrogens with zero attached hydrogens (tertiary/aromatic N) is 5. The van der Waals surface area contributed by atoms with Crippen LogP contribution < -0.4 is 0 Å². The van der Waals surface area contributed by atoms with Gasteiger partial charge in [-0.3, -0.25) is 14.5 Å². The Balaban J connectivity index is 1.77. The Morgan fingerprint density at radius 1 is 0.923 bits per heavy atom. The number of carbonyl (C=O) groups is 2. The molecule has 2 aliphatic heterocycles. The van der Waals surface area contributed by atoms with Crippen LogP contribution in [0.1, 0.15) is 44.9 Å². The lowest BCUT2D eigenvalue weighted by molar-refractivity contribution is -0.138. The Morgan fingerprint density at radius 3 is 2.04 bits per heavy atom. The Bertz CT molecular complexity index is 533. The number of piperidine rings is 2. The van der Waals surface area contributed by atoms with Crippen LogP contribution in [0.4, 0.5) is 0 Å². The van der Waals surface area contributed by atoms with Gasteiger partial charge in [-0.2, -0.15) is 10.5 Å². The van der Waals surface area contributed by atoms with E-state index in [0.29, 0.717) is 25.5 Å². The molecule has 0 unspecified atom stereocenters. The SMILES string of the molecule is N#CCCN(CCC#N)C(=O)CN1CCC(C(=O)N2CCCCC2)CC1. The summed E-state index contributed by atoms with van der Waals surface area (Å²) in [5, 5.41) is 17.5. The van der Waals surface area contributed by atoms with E-state index in [2.05, 4.69) is 4.90 Å². The van der Waals surface area contributed by atoms with Crippen LogP contribution in [-0.2, 0) is 9.59 Å². The monoisotopic (exact) mass is 359 g/mol. The van der Waals surface area contributed by atoms with E-state index in [1.165, 1.54) is 6.42 Å². The van der Waals surface area contributed by atoms with E-state index in [9.17, 15) is 9.59 Å². The molecule has 0 bridgehead atoms. The van der Waals surface area contributed by atoms with Gasteiger partial charge in [0.25, 0.3) is 0 Å². The molecule has 0 saturated carbocycles. The summed E-state index contributed by atoms with van der Waals surface area (Å²) in [4.78, 5) is 30.8. The van der Waals surface area contributed by atoms with E-state index >= 15 is 0 Å². The van der Waals surface area contributed by atoms with Crippen molar-refractivity contribution in [3.05, 3.63) is 0 Å². The van der Waals surface area contributed by atoms with Crippen LogP contribution in [0.25, 0.3) is 0 Å². The second kappa shape index (κ2) is 10.8. The second-order valence-electron chi connectivity index (χ2n) is 7.13. The van der Waals surface area contributed by atoms with Gasteiger partial charge < -0.3 is 9.80 Å². The molecule has 26 heavy (non-hydrogen) atoms. The van der Waals surface area contributed by atoms with E-state index in [0.717, 1.165) is 51.9 Å². The molecule has 2 fully saturated rings. The summed E-state index contributed by atoms with van der Waals surface area (Å²) in [5.41, 5.74) is 0. The van der Waals surface area contributed by atoms with Crippen LogP contribution in [0, 0.1) is 28.6 Å². The molecule has 2 heterocycles. The predicted molar refractivity (Wildman–Crippen MR) is 96.6 cm³/mol. The molecule has 0 spiro atoms.